The molecule has 0 aliphatic heterocycles. The summed E-state index contributed by atoms with van der Waals surface area (Å²) < 4.78 is 47.5. The lowest BCUT2D eigenvalue weighted by atomic mass is 10.0. The van der Waals surface area contributed by atoms with Crippen LogP contribution in [0.3, 0.4) is 0 Å². The monoisotopic (exact) mass is 403 g/mol. The van der Waals surface area contributed by atoms with Crippen LogP contribution in [-0.4, -0.2) is 29.8 Å². The van der Waals surface area contributed by atoms with Crippen molar-refractivity contribution in [3.8, 4) is 22.6 Å². The number of carbonyl (C=O) groups is 1. The van der Waals surface area contributed by atoms with Gasteiger partial charge in [-0.3, -0.25) is 0 Å². The Balaban J connectivity index is 2.03. The third-order valence-corrected chi connectivity index (χ3v) is 4.17. The number of aromatic hydroxyl groups is 1. The molecule has 0 aliphatic carbocycles. The van der Waals surface area contributed by atoms with Crippen molar-refractivity contribution in [2.24, 2.45) is 0 Å². The Morgan fingerprint density at radius 1 is 1.03 bits per heavy atom. The van der Waals surface area contributed by atoms with Gasteiger partial charge in [0.05, 0.1) is 0 Å². The molecule has 150 valence electrons. The molecule has 0 spiro atoms. The van der Waals surface area contributed by atoms with E-state index in [4.69, 9.17) is 9.84 Å². The third-order valence-electron chi connectivity index (χ3n) is 4.17. The fraction of sp³-hybridized carbons (Fsp3) is 0.0952. The summed E-state index contributed by atoms with van der Waals surface area (Å²) in [6, 6.07) is 11.8. The molecule has 3 aromatic rings. The van der Waals surface area contributed by atoms with E-state index in [1.54, 1.807) is 6.07 Å². The second-order valence-corrected chi connectivity index (χ2v) is 6.20. The molecular formula is C21H16F3NO4. The quantitative estimate of drug-likeness (QED) is 0.624. The predicted molar refractivity (Wildman–Crippen MR) is 101 cm³/mol. The minimum absolute atomic E-state index is 0.187. The molecule has 0 heterocycles. The van der Waals surface area contributed by atoms with Crippen molar-refractivity contribution in [3.05, 3.63) is 72.0 Å². The van der Waals surface area contributed by atoms with E-state index >= 15 is 0 Å². The fourth-order valence-electron chi connectivity index (χ4n) is 2.83. The lowest BCUT2D eigenvalue weighted by molar-refractivity contribution is -0.139. The van der Waals surface area contributed by atoms with E-state index in [1.807, 2.05) is 0 Å². The molecular weight excluding hydrogens is 387 g/mol. The summed E-state index contributed by atoms with van der Waals surface area (Å²) in [5, 5.41) is 18.7. The van der Waals surface area contributed by atoms with Crippen LogP contribution in [0, 0.1) is 17.5 Å². The summed E-state index contributed by atoms with van der Waals surface area (Å²) in [5.74, 6) is -4.40. The highest BCUT2D eigenvalue weighted by Gasteiger charge is 2.21. The normalized spacial score (nSPS) is 10.6. The Hall–Kier alpha value is -3.68. The van der Waals surface area contributed by atoms with Crippen molar-refractivity contribution in [3.63, 3.8) is 0 Å². The van der Waals surface area contributed by atoms with E-state index in [-0.39, 0.29) is 11.4 Å². The Bertz CT molecular complexity index is 1070. The van der Waals surface area contributed by atoms with Gasteiger partial charge in [0.2, 0.25) is 0 Å². The van der Waals surface area contributed by atoms with Gasteiger partial charge in [-0.15, -0.1) is 0 Å². The Kier molecular flexibility index (Phi) is 5.63. The molecule has 2 N–H and O–H groups in total. The summed E-state index contributed by atoms with van der Waals surface area (Å²) in [5.41, 5.74) is 0.626. The number of halogens is 3. The summed E-state index contributed by atoms with van der Waals surface area (Å²) >= 11 is 0. The lowest BCUT2D eigenvalue weighted by Gasteiger charge is -2.23. The van der Waals surface area contributed by atoms with E-state index < -0.39 is 41.5 Å². The number of benzene rings is 3. The highest BCUT2D eigenvalue weighted by atomic mass is 19.1. The van der Waals surface area contributed by atoms with Crippen molar-refractivity contribution in [1.29, 1.82) is 0 Å². The third kappa shape index (κ3) is 4.43. The fourth-order valence-corrected chi connectivity index (χ4v) is 2.83. The average Bonchev–Trinajstić information content (AvgIpc) is 2.66. The number of carboxylic acids is 1. The van der Waals surface area contributed by atoms with E-state index in [2.05, 4.69) is 0 Å². The summed E-state index contributed by atoms with van der Waals surface area (Å²) in [6.45, 7) is -0.790. The lowest BCUT2D eigenvalue weighted by Crippen LogP contribution is -2.15. The molecule has 0 aromatic heterocycles. The highest BCUT2D eigenvalue weighted by molar-refractivity contribution is 5.75. The van der Waals surface area contributed by atoms with Crippen LogP contribution in [0.1, 0.15) is 0 Å². The number of nitrogens with zero attached hydrogens (tertiary/aromatic N) is 1. The van der Waals surface area contributed by atoms with E-state index in [1.165, 1.54) is 43.4 Å². The van der Waals surface area contributed by atoms with Crippen LogP contribution in [0.15, 0.2) is 54.6 Å². The Morgan fingerprint density at radius 3 is 2.48 bits per heavy atom. The molecule has 8 heteroatoms. The van der Waals surface area contributed by atoms with Crippen molar-refractivity contribution in [2.45, 2.75) is 0 Å². The maximum Gasteiger partial charge on any atom is 0.341 e. The van der Waals surface area contributed by atoms with Crippen LogP contribution in [0.5, 0.6) is 11.5 Å². The van der Waals surface area contributed by atoms with Gasteiger partial charge in [0.15, 0.2) is 18.2 Å². The molecule has 0 saturated heterocycles. The van der Waals surface area contributed by atoms with Gasteiger partial charge in [-0.2, -0.15) is 0 Å². The first-order valence-corrected chi connectivity index (χ1v) is 8.42. The highest BCUT2D eigenvalue weighted by Crippen LogP contribution is 2.37. The number of ether oxygens (including phenoxy) is 1. The van der Waals surface area contributed by atoms with Gasteiger partial charge < -0.3 is 19.8 Å². The molecule has 0 fully saturated rings. The maximum atomic E-state index is 14.8. The Labute approximate surface area is 164 Å². The molecule has 0 bridgehead atoms. The molecule has 0 aliphatic rings. The number of hydrogen-bond acceptors (Lipinski definition) is 4. The van der Waals surface area contributed by atoms with Crippen LogP contribution in [0.4, 0.5) is 24.5 Å². The van der Waals surface area contributed by atoms with Crippen molar-refractivity contribution >= 4 is 17.3 Å². The van der Waals surface area contributed by atoms with Crippen molar-refractivity contribution < 1.29 is 32.9 Å². The average molecular weight is 403 g/mol. The minimum atomic E-state index is -1.31. The second kappa shape index (κ2) is 8.14. The largest absolute Gasteiger partial charge is 0.508 e. The van der Waals surface area contributed by atoms with Gasteiger partial charge in [-0.25, -0.2) is 18.0 Å². The molecule has 3 aromatic carbocycles. The second-order valence-electron chi connectivity index (χ2n) is 6.20. The van der Waals surface area contributed by atoms with Crippen LogP contribution in [0.2, 0.25) is 0 Å². The maximum absolute atomic E-state index is 14.8. The molecule has 3 rings (SSSR count). The SMILES string of the molecule is CN(c1cc(O)cc(-c2cccc(F)c2)c1)c1c(F)ccc(OCC(=O)O)c1F. The number of phenols is 1. The van der Waals surface area contributed by atoms with Gasteiger partial charge in [-0.1, -0.05) is 12.1 Å². The van der Waals surface area contributed by atoms with E-state index in [0.717, 1.165) is 17.0 Å². The first kappa shape index (κ1) is 20.1. The smallest absolute Gasteiger partial charge is 0.341 e. The van der Waals surface area contributed by atoms with Crippen LogP contribution < -0.4 is 9.64 Å². The zero-order valence-electron chi connectivity index (χ0n) is 15.2. The first-order chi connectivity index (χ1) is 13.8. The van der Waals surface area contributed by atoms with Crippen LogP contribution in [0.25, 0.3) is 11.1 Å². The zero-order chi connectivity index (χ0) is 21.1. The molecule has 0 amide bonds. The summed E-state index contributed by atoms with van der Waals surface area (Å²) in [6.07, 6.45) is 0. The molecule has 0 atom stereocenters. The molecule has 0 radical (unpaired) electrons. The standard InChI is InChI=1S/C21H16F3NO4/c1-25(21-17(23)5-6-18(20(21)24)29-11-19(27)28)15-8-13(9-16(26)10-15)12-3-2-4-14(22)7-12/h2-10,26H,11H2,1H3,(H,27,28). The molecule has 0 unspecified atom stereocenters. The van der Waals surface area contributed by atoms with Gasteiger partial charge in [0, 0.05) is 18.8 Å². The summed E-state index contributed by atoms with van der Waals surface area (Å²) in [7, 11) is 1.37. The van der Waals surface area contributed by atoms with Crippen molar-refractivity contribution in [1.82, 2.24) is 0 Å². The molecule has 5 nitrogen and oxygen atoms in total. The summed E-state index contributed by atoms with van der Waals surface area (Å²) in [4.78, 5) is 11.8. The van der Waals surface area contributed by atoms with Gasteiger partial charge in [0.25, 0.3) is 0 Å². The van der Waals surface area contributed by atoms with Gasteiger partial charge in [0.1, 0.15) is 23.1 Å². The van der Waals surface area contributed by atoms with E-state index in [0.29, 0.717) is 11.1 Å². The van der Waals surface area contributed by atoms with Crippen molar-refractivity contribution in [2.75, 3.05) is 18.6 Å². The Morgan fingerprint density at radius 2 is 1.79 bits per heavy atom. The number of rotatable bonds is 6. The first-order valence-electron chi connectivity index (χ1n) is 8.42. The topological polar surface area (TPSA) is 70.0 Å². The zero-order valence-corrected chi connectivity index (χ0v) is 15.2. The number of hydrogen-bond donors (Lipinski definition) is 2. The molecule has 29 heavy (non-hydrogen) atoms. The van der Waals surface area contributed by atoms with Gasteiger partial charge in [-0.05, 0) is 47.5 Å². The van der Waals surface area contributed by atoms with Crippen LogP contribution in [-0.2, 0) is 4.79 Å². The van der Waals surface area contributed by atoms with Gasteiger partial charge >= 0.3 is 5.97 Å². The van der Waals surface area contributed by atoms with E-state index in [9.17, 15) is 23.1 Å². The predicted octanol–water partition coefficient (Wildman–Crippen LogP) is 4.71. The molecule has 0 saturated carbocycles. The number of aliphatic carboxylic acids is 1. The number of carboxylic acid groups (broad SMARTS) is 1. The minimum Gasteiger partial charge on any atom is -0.508 e. The number of phenolic OH excluding ortho intramolecular Hbond substituents is 1. The number of anilines is 2. The van der Waals surface area contributed by atoms with Crippen LogP contribution >= 0.6 is 0 Å².